The summed E-state index contributed by atoms with van der Waals surface area (Å²) in [6, 6.07) is 0. The smallest absolute Gasteiger partial charge is 0.306 e. The first-order valence-corrected chi connectivity index (χ1v) is 3.98. The highest BCUT2D eigenvalue weighted by molar-refractivity contribution is 5.71. The molecular formula is C8H11FO2. The van der Waals surface area contributed by atoms with Gasteiger partial charge in [0, 0.05) is 0 Å². The predicted octanol–water partition coefficient (Wildman–Crippen LogP) is 1.60. The van der Waals surface area contributed by atoms with Gasteiger partial charge in [-0.2, -0.15) is 0 Å². The Kier molecular flexibility index (Phi) is 1.26. The molecule has 2 nitrogen and oxygen atoms in total. The van der Waals surface area contributed by atoms with Crippen LogP contribution in [0.2, 0.25) is 0 Å². The van der Waals surface area contributed by atoms with Crippen molar-refractivity contribution in [3.63, 3.8) is 0 Å². The fourth-order valence-corrected chi connectivity index (χ4v) is 2.37. The van der Waals surface area contributed by atoms with Crippen LogP contribution in [0, 0.1) is 11.3 Å². The van der Waals surface area contributed by atoms with Gasteiger partial charge in [0.15, 0.2) is 0 Å². The van der Waals surface area contributed by atoms with Crippen LogP contribution in [-0.4, -0.2) is 17.2 Å². The third kappa shape index (κ3) is 0.940. The molecule has 0 heterocycles. The topological polar surface area (TPSA) is 37.3 Å². The second-order valence-corrected chi connectivity index (χ2v) is 3.95. The number of hydrogen-bond donors (Lipinski definition) is 1. The Balaban J connectivity index is 1.84. The van der Waals surface area contributed by atoms with Crippen molar-refractivity contribution in [2.45, 2.75) is 31.9 Å². The summed E-state index contributed by atoms with van der Waals surface area (Å²) < 4.78 is 12.4. The SMILES string of the molecule is O=C(O)C1CC2(CC(F)C2)C1. The lowest BCUT2D eigenvalue weighted by Crippen LogP contribution is -2.50. The fourth-order valence-electron chi connectivity index (χ4n) is 2.37. The van der Waals surface area contributed by atoms with Crippen LogP contribution in [0.3, 0.4) is 0 Å². The summed E-state index contributed by atoms with van der Waals surface area (Å²) in [6.07, 6.45) is 1.99. The molecule has 0 unspecified atom stereocenters. The molecule has 2 fully saturated rings. The van der Waals surface area contributed by atoms with Crippen LogP contribution in [0.1, 0.15) is 25.7 Å². The average Bonchev–Trinajstić information content (AvgIpc) is 1.73. The summed E-state index contributed by atoms with van der Waals surface area (Å²) >= 11 is 0. The van der Waals surface area contributed by atoms with E-state index < -0.39 is 12.1 Å². The zero-order valence-electron chi connectivity index (χ0n) is 6.22. The first-order valence-electron chi connectivity index (χ1n) is 3.98. The van der Waals surface area contributed by atoms with E-state index in [1.165, 1.54) is 0 Å². The lowest BCUT2D eigenvalue weighted by molar-refractivity contribution is -0.158. The van der Waals surface area contributed by atoms with Gasteiger partial charge in [0.2, 0.25) is 0 Å². The summed E-state index contributed by atoms with van der Waals surface area (Å²) in [7, 11) is 0. The summed E-state index contributed by atoms with van der Waals surface area (Å²) in [4.78, 5) is 10.4. The van der Waals surface area contributed by atoms with Crippen LogP contribution in [0.5, 0.6) is 0 Å². The molecule has 2 saturated carbocycles. The summed E-state index contributed by atoms with van der Waals surface area (Å²) in [5.74, 6) is -0.888. The van der Waals surface area contributed by atoms with E-state index in [0.717, 1.165) is 0 Å². The van der Waals surface area contributed by atoms with Gasteiger partial charge in [0.1, 0.15) is 6.17 Å². The molecule has 11 heavy (non-hydrogen) atoms. The van der Waals surface area contributed by atoms with Gasteiger partial charge < -0.3 is 5.11 Å². The zero-order chi connectivity index (χ0) is 8.06. The van der Waals surface area contributed by atoms with Gasteiger partial charge in [0.25, 0.3) is 0 Å². The van der Waals surface area contributed by atoms with Crippen LogP contribution in [0.15, 0.2) is 0 Å². The zero-order valence-corrected chi connectivity index (χ0v) is 6.22. The Hall–Kier alpha value is -0.600. The lowest BCUT2D eigenvalue weighted by Gasteiger charge is -2.54. The number of aliphatic carboxylic acids is 1. The molecule has 0 bridgehead atoms. The van der Waals surface area contributed by atoms with E-state index >= 15 is 0 Å². The third-order valence-corrected chi connectivity index (χ3v) is 3.02. The number of alkyl halides is 1. The number of carboxylic acids is 1. The van der Waals surface area contributed by atoms with Gasteiger partial charge in [-0.1, -0.05) is 0 Å². The Morgan fingerprint density at radius 1 is 1.36 bits per heavy atom. The minimum atomic E-state index is -0.710. The van der Waals surface area contributed by atoms with E-state index in [1.807, 2.05) is 0 Å². The molecule has 2 aliphatic carbocycles. The van der Waals surface area contributed by atoms with Crippen LogP contribution in [0.4, 0.5) is 4.39 Å². The van der Waals surface area contributed by atoms with E-state index in [4.69, 9.17) is 5.11 Å². The summed E-state index contributed by atoms with van der Waals surface area (Å²) in [5, 5.41) is 8.56. The molecule has 62 valence electrons. The quantitative estimate of drug-likeness (QED) is 0.629. The highest BCUT2D eigenvalue weighted by Gasteiger charge is 2.55. The summed E-state index contributed by atoms with van der Waals surface area (Å²) in [6.45, 7) is 0. The molecule has 0 aromatic heterocycles. The van der Waals surface area contributed by atoms with Crippen molar-refractivity contribution in [3.8, 4) is 0 Å². The number of halogens is 1. The number of carbonyl (C=O) groups is 1. The van der Waals surface area contributed by atoms with E-state index in [2.05, 4.69) is 0 Å². The first kappa shape index (κ1) is 7.07. The first-order chi connectivity index (χ1) is 5.11. The number of carboxylic acid groups (broad SMARTS) is 1. The largest absolute Gasteiger partial charge is 0.481 e. The minimum Gasteiger partial charge on any atom is -0.481 e. The second kappa shape index (κ2) is 1.96. The molecule has 0 atom stereocenters. The van der Waals surface area contributed by atoms with Gasteiger partial charge >= 0.3 is 5.97 Å². The summed E-state index contributed by atoms with van der Waals surface area (Å²) in [5.41, 5.74) is 0.114. The van der Waals surface area contributed by atoms with Crippen molar-refractivity contribution in [1.29, 1.82) is 0 Å². The molecule has 0 aromatic rings. The van der Waals surface area contributed by atoms with Gasteiger partial charge in [-0.15, -0.1) is 0 Å². The van der Waals surface area contributed by atoms with Crippen molar-refractivity contribution in [2.24, 2.45) is 11.3 Å². The van der Waals surface area contributed by atoms with Gasteiger partial charge in [-0.3, -0.25) is 4.79 Å². The lowest BCUT2D eigenvalue weighted by atomic mass is 9.51. The Morgan fingerprint density at radius 2 is 1.91 bits per heavy atom. The van der Waals surface area contributed by atoms with Crippen molar-refractivity contribution >= 4 is 5.97 Å². The van der Waals surface area contributed by atoms with Crippen LogP contribution in [-0.2, 0) is 4.79 Å². The Labute approximate surface area is 64.4 Å². The molecule has 0 saturated heterocycles. The standard InChI is InChI=1S/C8H11FO2/c9-6-3-8(4-6)1-5(2-8)7(10)11/h5-6H,1-4H2,(H,10,11). The van der Waals surface area contributed by atoms with Crippen molar-refractivity contribution in [2.75, 3.05) is 0 Å². The molecule has 1 spiro atoms. The maximum atomic E-state index is 12.4. The molecular weight excluding hydrogens is 147 g/mol. The molecule has 3 heteroatoms. The van der Waals surface area contributed by atoms with Crippen molar-refractivity contribution < 1.29 is 14.3 Å². The molecule has 0 aromatic carbocycles. The maximum absolute atomic E-state index is 12.4. The molecule has 2 rings (SSSR count). The highest BCUT2D eigenvalue weighted by Crippen LogP contribution is 2.59. The van der Waals surface area contributed by atoms with Crippen LogP contribution < -0.4 is 0 Å². The molecule has 0 radical (unpaired) electrons. The second-order valence-electron chi connectivity index (χ2n) is 3.95. The monoisotopic (exact) mass is 158 g/mol. The Bertz CT molecular complexity index is 188. The van der Waals surface area contributed by atoms with Crippen LogP contribution in [0.25, 0.3) is 0 Å². The van der Waals surface area contributed by atoms with Crippen molar-refractivity contribution in [1.82, 2.24) is 0 Å². The van der Waals surface area contributed by atoms with E-state index in [9.17, 15) is 9.18 Å². The number of hydrogen-bond acceptors (Lipinski definition) is 1. The normalized spacial score (nSPS) is 48.1. The van der Waals surface area contributed by atoms with E-state index in [0.29, 0.717) is 25.7 Å². The maximum Gasteiger partial charge on any atom is 0.306 e. The number of rotatable bonds is 1. The molecule has 1 N–H and O–H groups in total. The van der Waals surface area contributed by atoms with Crippen LogP contribution >= 0.6 is 0 Å². The highest BCUT2D eigenvalue weighted by atomic mass is 19.1. The van der Waals surface area contributed by atoms with E-state index in [-0.39, 0.29) is 11.3 Å². The van der Waals surface area contributed by atoms with Crippen molar-refractivity contribution in [3.05, 3.63) is 0 Å². The third-order valence-electron chi connectivity index (χ3n) is 3.02. The molecule has 0 aliphatic heterocycles. The predicted molar refractivity (Wildman–Crippen MR) is 36.9 cm³/mol. The van der Waals surface area contributed by atoms with Gasteiger partial charge in [-0.05, 0) is 31.1 Å². The van der Waals surface area contributed by atoms with E-state index in [1.54, 1.807) is 0 Å². The van der Waals surface area contributed by atoms with Gasteiger partial charge in [-0.25, -0.2) is 4.39 Å². The molecule has 2 aliphatic rings. The molecule has 0 amide bonds. The minimum absolute atomic E-state index is 0.114. The van der Waals surface area contributed by atoms with Gasteiger partial charge in [0.05, 0.1) is 5.92 Å². The Morgan fingerprint density at radius 3 is 2.27 bits per heavy atom. The fraction of sp³-hybridized carbons (Fsp3) is 0.875. The average molecular weight is 158 g/mol.